The van der Waals surface area contributed by atoms with Crippen LogP contribution < -0.4 is 0 Å². The summed E-state index contributed by atoms with van der Waals surface area (Å²) in [7, 11) is 0. The number of carbonyl (C=O) groups excluding carboxylic acids is 1. The zero-order valence-electron chi connectivity index (χ0n) is 16.6. The number of unbranched alkanes of at least 4 members (excludes halogenated alkanes) is 8. The average molecular weight is 342 g/mol. The van der Waals surface area contributed by atoms with E-state index in [1.54, 1.807) is 6.21 Å². The van der Waals surface area contributed by atoms with Crippen LogP contribution in [0.4, 0.5) is 4.79 Å². The largest absolute Gasteiger partial charge is 0.535 e. The van der Waals surface area contributed by atoms with Gasteiger partial charge in [0, 0.05) is 6.21 Å². The third-order valence-corrected chi connectivity index (χ3v) is 4.14. The van der Waals surface area contributed by atoms with Gasteiger partial charge < -0.3 is 4.74 Å². The maximum absolute atomic E-state index is 11.7. The molecule has 0 rings (SSSR count). The molecule has 1 unspecified atom stereocenters. The standard InChI is InChI=1S/C20H39NO3/c1-6-8-10-11-12-13-14-15-16-18(20(3,4)5)23-19(22)24-21-17-9-7-2/h17-18H,6-16H2,1-5H3. The molecule has 0 saturated carbocycles. The molecule has 0 bridgehead atoms. The van der Waals surface area contributed by atoms with E-state index in [9.17, 15) is 4.79 Å². The van der Waals surface area contributed by atoms with Crippen molar-refractivity contribution in [3.05, 3.63) is 0 Å². The molecular formula is C20H39NO3. The SMILES string of the molecule is CCCC=NOC(=O)OC(CCCCCCCCCC)C(C)(C)C. The zero-order chi connectivity index (χ0) is 18.3. The highest BCUT2D eigenvalue weighted by Crippen LogP contribution is 2.27. The van der Waals surface area contributed by atoms with Crippen LogP contribution >= 0.6 is 0 Å². The van der Waals surface area contributed by atoms with E-state index < -0.39 is 6.16 Å². The van der Waals surface area contributed by atoms with Crippen molar-refractivity contribution in [1.29, 1.82) is 0 Å². The summed E-state index contributed by atoms with van der Waals surface area (Å²) in [6.07, 6.45) is 13.6. The van der Waals surface area contributed by atoms with E-state index in [2.05, 4.69) is 32.9 Å². The molecule has 0 spiro atoms. The lowest BCUT2D eigenvalue weighted by molar-refractivity contribution is -0.0207. The number of nitrogens with zero attached hydrogens (tertiary/aromatic N) is 1. The first-order valence-corrected chi connectivity index (χ1v) is 9.81. The molecule has 24 heavy (non-hydrogen) atoms. The second-order valence-corrected chi connectivity index (χ2v) is 7.65. The topological polar surface area (TPSA) is 47.9 Å². The molecule has 0 aromatic carbocycles. The molecule has 4 nitrogen and oxygen atoms in total. The van der Waals surface area contributed by atoms with Crippen molar-refractivity contribution < 1.29 is 14.4 Å². The summed E-state index contributed by atoms with van der Waals surface area (Å²) in [6.45, 7) is 10.6. The summed E-state index contributed by atoms with van der Waals surface area (Å²) in [4.78, 5) is 16.5. The van der Waals surface area contributed by atoms with Crippen LogP contribution in [0, 0.1) is 5.41 Å². The number of hydrogen-bond donors (Lipinski definition) is 0. The van der Waals surface area contributed by atoms with Gasteiger partial charge in [-0.1, -0.05) is 91.1 Å². The highest BCUT2D eigenvalue weighted by molar-refractivity contribution is 5.62. The highest BCUT2D eigenvalue weighted by atomic mass is 16.8. The number of hydrogen-bond acceptors (Lipinski definition) is 4. The molecule has 0 saturated heterocycles. The van der Waals surface area contributed by atoms with E-state index in [1.807, 2.05) is 6.92 Å². The van der Waals surface area contributed by atoms with E-state index in [4.69, 9.17) is 9.57 Å². The van der Waals surface area contributed by atoms with Gasteiger partial charge in [0.1, 0.15) is 6.10 Å². The Labute approximate surface area is 149 Å². The van der Waals surface area contributed by atoms with Crippen molar-refractivity contribution in [1.82, 2.24) is 0 Å². The Morgan fingerprint density at radius 3 is 2.08 bits per heavy atom. The Morgan fingerprint density at radius 1 is 0.958 bits per heavy atom. The van der Waals surface area contributed by atoms with Crippen molar-refractivity contribution in [3.8, 4) is 0 Å². The molecule has 0 radical (unpaired) electrons. The van der Waals surface area contributed by atoms with E-state index in [1.165, 1.54) is 44.9 Å². The monoisotopic (exact) mass is 341 g/mol. The predicted octanol–water partition coefficient (Wildman–Crippen LogP) is 6.87. The van der Waals surface area contributed by atoms with Gasteiger partial charge >= 0.3 is 6.16 Å². The molecule has 0 fully saturated rings. The summed E-state index contributed by atoms with van der Waals surface area (Å²) in [5, 5.41) is 3.64. The van der Waals surface area contributed by atoms with E-state index in [0.29, 0.717) is 0 Å². The molecule has 1 atom stereocenters. The Balaban J connectivity index is 4.00. The van der Waals surface area contributed by atoms with Crippen LogP contribution in [0.5, 0.6) is 0 Å². The first-order chi connectivity index (χ1) is 11.4. The smallest absolute Gasteiger partial charge is 0.429 e. The molecule has 0 aromatic rings. The Kier molecular flexibility index (Phi) is 13.7. The number of carbonyl (C=O) groups is 1. The van der Waals surface area contributed by atoms with Crippen molar-refractivity contribution in [3.63, 3.8) is 0 Å². The second-order valence-electron chi connectivity index (χ2n) is 7.65. The Morgan fingerprint density at radius 2 is 1.54 bits per heavy atom. The predicted molar refractivity (Wildman–Crippen MR) is 101 cm³/mol. The first-order valence-electron chi connectivity index (χ1n) is 9.81. The molecule has 142 valence electrons. The fourth-order valence-electron chi connectivity index (χ4n) is 2.53. The zero-order valence-corrected chi connectivity index (χ0v) is 16.6. The molecular weight excluding hydrogens is 302 g/mol. The fraction of sp³-hybridized carbons (Fsp3) is 0.900. The summed E-state index contributed by atoms with van der Waals surface area (Å²) in [6, 6.07) is 0. The van der Waals surface area contributed by atoms with Gasteiger partial charge in [-0.05, 0) is 24.7 Å². The lowest BCUT2D eigenvalue weighted by Crippen LogP contribution is -2.31. The van der Waals surface area contributed by atoms with E-state index >= 15 is 0 Å². The molecule has 4 heteroatoms. The van der Waals surface area contributed by atoms with E-state index in [-0.39, 0.29) is 11.5 Å². The molecule has 0 heterocycles. The molecule has 0 aliphatic rings. The highest BCUT2D eigenvalue weighted by Gasteiger charge is 2.28. The third-order valence-electron chi connectivity index (χ3n) is 4.14. The first kappa shape index (κ1) is 22.9. The van der Waals surface area contributed by atoms with Crippen LogP contribution in [0.3, 0.4) is 0 Å². The summed E-state index contributed by atoms with van der Waals surface area (Å²) in [5.41, 5.74) is -0.0900. The van der Waals surface area contributed by atoms with Crippen molar-refractivity contribution in [2.24, 2.45) is 10.6 Å². The van der Waals surface area contributed by atoms with Crippen molar-refractivity contribution in [2.45, 2.75) is 111 Å². The number of oxime groups is 1. The van der Waals surface area contributed by atoms with Crippen LogP contribution in [-0.4, -0.2) is 18.5 Å². The van der Waals surface area contributed by atoms with Gasteiger partial charge in [0.15, 0.2) is 0 Å². The summed E-state index contributed by atoms with van der Waals surface area (Å²) in [5.74, 6) is 0. The van der Waals surface area contributed by atoms with Crippen LogP contribution in [0.1, 0.15) is 105 Å². The van der Waals surface area contributed by atoms with Gasteiger partial charge in [0.2, 0.25) is 0 Å². The molecule has 0 amide bonds. The average Bonchev–Trinajstić information content (AvgIpc) is 2.52. The minimum Gasteiger partial charge on any atom is -0.429 e. The van der Waals surface area contributed by atoms with Crippen LogP contribution in [0.15, 0.2) is 5.16 Å². The van der Waals surface area contributed by atoms with Crippen LogP contribution in [0.25, 0.3) is 0 Å². The van der Waals surface area contributed by atoms with Gasteiger partial charge in [-0.2, -0.15) is 0 Å². The van der Waals surface area contributed by atoms with Crippen molar-refractivity contribution >= 4 is 12.4 Å². The Bertz CT molecular complexity index is 334. The minimum atomic E-state index is -0.693. The Hall–Kier alpha value is -1.06. The summed E-state index contributed by atoms with van der Waals surface area (Å²) >= 11 is 0. The van der Waals surface area contributed by atoms with Crippen LogP contribution in [-0.2, 0) is 9.57 Å². The fourth-order valence-corrected chi connectivity index (χ4v) is 2.53. The minimum absolute atomic E-state index is 0.0900. The summed E-state index contributed by atoms with van der Waals surface area (Å²) < 4.78 is 5.48. The normalized spacial score (nSPS) is 13.2. The van der Waals surface area contributed by atoms with Gasteiger partial charge in [-0.3, -0.25) is 4.84 Å². The molecule has 0 aromatic heterocycles. The van der Waals surface area contributed by atoms with E-state index in [0.717, 1.165) is 25.7 Å². The van der Waals surface area contributed by atoms with Crippen LogP contribution in [0.2, 0.25) is 0 Å². The molecule has 0 aliphatic heterocycles. The second kappa shape index (κ2) is 14.3. The van der Waals surface area contributed by atoms with Crippen molar-refractivity contribution in [2.75, 3.05) is 0 Å². The van der Waals surface area contributed by atoms with Gasteiger partial charge in [-0.25, -0.2) is 4.79 Å². The molecule has 0 N–H and O–H groups in total. The van der Waals surface area contributed by atoms with Gasteiger partial charge in [-0.15, -0.1) is 0 Å². The quantitative estimate of drug-likeness (QED) is 0.121. The maximum Gasteiger partial charge on any atom is 0.535 e. The van der Waals surface area contributed by atoms with Gasteiger partial charge in [0.05, 0.1) is 0 Å². The maximum atomic E-state index is 11.7. The lowest BCUT2D eigenvalue weighted by Gasteiger charge is -2.29. The number of rotatable bonds is 13. The molecule has 0 aliphatic carbocycles. The lowest BCUT2D eigenvalue weighted by atomic mass is 9.86. The van der Waals surface area contributed by atoms with Gasteiger partial charge in [0.25, 0.3) is 0 Å². The number of ether oxygens (including phenoxy) is 1. The third kappa shape index (κ3) is 13.4.